The van der Waals surface area contributed by atoms with E-state index in [9.17, 15) is 0 Å². The van der Waals surface area contributed by atoms with Gasteiger partial charge in [-0.15, -0.1) is 0 Å². The molecule has 7 aromatic carbocycles. The molecule has 0 heteroatoms. The molecule has 36 heavy (non-hydrogen) atoms. The van der Waals surface area contributed by atoms with Crippen LogP contribution in [-0.2, 0) is 0 Å². The average Bonchev–Trinajstić information content (AvgIpc) is 2.91. The van der Waals surface area contributed by atoms with Gasteiger partial charge >= 0.3 is 0 Å². The Kier molecular flexibility index (Phi) is 4.52. The fourth-order valence-electron chi connectivity index (χ4n) is 4.93. The zero-order valence-corrected chi connectivity index (χ0v) is 19.2. The Labute approximate surface area is 210 Å². The maximum absolute atomic E-state index is 3.29. The molecule has 0 unspecified atom stereocenters. The van der Waals surface area contributed by atoms with E-state index in [1.165, 1.54) is 0 Å². The molecule has 0 fully saturated rings. The number of hydrogen-bond acceptors (Lipinski definition) is 0. The largest absolute Gasteiger partial charge is 0.0604 e. The fraction of sp³-hybridized carbons (Fsp3) is 0. The van der Waals surface area contributed by atoms with Crippen LogP contribution in [0.5, 0.6) is 0 Å². The number of hydrogen-bond donors (Lipinski definition) is 0. The van der Waals surface area contributed by atoms with Gasteiger partial charge in [0.1, 0.15) is 0 Å². The molecule has 0 N–H and O–H groups in total. The Morgan fingerprint density at radius 3 is 0.861 bits per heavy atom. The normalized spacial score (nSPS) is 10.4. The van der Waals surface area contributed by atoms with Crippen molar-refractivity contribution in [3.63, 3.8) is 0 Å². The van der Waals surface area contributed by atoms with E-state index < -0.39 is 0 Å². The highest BCUT2D eigenvalue weighted by Gasteiger charge is 2.03. The van der Waals surface area contributed by atoms with Crippen LogP contribution >= 0.6 is 0 Å². The second kappa shape index (κ2) is 8.12. The smallest absolute Gasteiger partial charge is 0.0334 e. The van der Waals surface area contributed by atoms with E-state index in [4.69, 9.17) is 0 Å². The fourth-order valence-corrected chi connectivity index (χ4v) is 4.93. The van der Waals surface area contributed by atoms with Crippen LogP contribution in [0, 0.1) is 48.5 Å². The van der Waals surface area contributed by atoms with Gasteiger partial charge in [-0.2, -0.15) is 0 Å². The molecule has 7 aromatic rings. The predicted molar refractivity (Wildman–Crippen MR) is 149 cm³/mol. The van der Waals surface area contributed by atoms with E-state index in [1.807, 2.05) is 48.5 Å². The van der Waals surface area contributed by atoms with Gasteiger partial charge < -0.3 is 0 Å². The van der Waals surface area contributed by atoms with Crippen LogP contribution in [-0.4, -0.2) is 0 Å². The van der Waals surface area contributed by atoms with Crippen LogP contribution in [0.2, 0.25) is 0 Å². The Hall–Kier alpha value is -5.40. The maximum Gasteiger partial charge on any atom is 0.0334 e. The maximum atomic E-state index is 3.29. The molecule has 0 amide bonds. The third-order valence-electron chi connectivity index (χ3n) is 6.67. The van der Waals surface area contributed by atoms with Gasteiger partial charge in [0.2, 0.25) is 0 Å². The van der Waals surface area contributed by atoms with E-state index >= 15 is 0 Å². The summed E-state index contributed by atoms with van der Waals surface area (Å²) in [7, 11) is 0. The summed E-state index contributed by atoms with van der Waals surface area (Å²) in [5, 5.41) is 12.8. The summed E-state index contributed by atoms with van der Waals surface area (Å²) in [5.41, 5.74) is 0. The topological polar surface area (TPSA) is 0 Å². The van der Waals surface area contributed by atoms with E-state index in [0.29, 0.717) is 0 Å². The van der Waals surface area contributed by atoms with Crippen molar-refractivity contribution in [3.8, 4) is 0 Å². The molecule has 4 bridgehead atoms. The van der Waals surface area contributed by atoms with Crippen molar-refractivity contribution in [2.75, 3.05) is 0 Å². The predicted octanol–water partition coefficient (Wildman–Crippen LogP) is 8.69. The van der Waals surface area contributed by atoms with Gasteiger partial charge in [-0.05, 0) is 116 Å². The average molecular weight is 449 g/mol. The standard InChI is InChI=1S/C36H16/c1-2-10-26-14-6-18-30-22-32-20-8-16-28(36(32)24-34(26)30)12-4-3-11-27-15-7-19-31-21-29-17-5-13-25(9-1)33(29)23-35(27)31/h5-8,13-24H. The molecule has 0 spiro atoms. The first-order valence-corrected chi connectivity index (χ1v) is 11.8. The van der Waals surface area contributed by atoms with Crippen LogP contribution in [0.4, 0.5) is 0 Å². The first-order chi connectivity index (χ1) is 17.8. The highest BCUT2D eigenvalue weighted by Crippen LogP contribution is 2.29. The minimum absolute atomic E-state index is 0.959. The summed E-state index contributed by atoms with van der Waals surface area (Å²) in [6.45, 7) is 0. The second-order valence-corrected chi connectivity index (χ2v) is 8.81. The molecular formula is C36H16. The summed E-state index contributed by atoms with van der Waals surface area (Å²) in [6.07, 6.45) is 0. The highest BCUT2D eigenvalue weighted by molar-refractivity contribution is 6.11. The van der Waals surface area contributed by atoms with E-state index in [2.05, 4.69) is 97.1 Å². The lowest BCUT2D eigenvalue weighted by Crippen LogP contribution is -1.78. The van der Waals surface area contributed by atoms with Crippen molar-refractivity contribution in [1.82, 2.24) is 0 Å². The summed E-state index contributed by atoms with van der Waals surface area (Å²) in [6, 6.07) is 59.2. The van der Waals surface area contributed by atoms with Crippen LogP contribution in [0.15, 0.2) is 97.1 Å². The molecule has 160 valence electrons. The third kappa shape index (κ3) is 3.35. The Morgan fingerprint density at radius 2 is 0.583 bits per heavy atom. The molecule has 7 rings (SSSR count). The van der Waals surface area contributed by atoms with Crippen molar-refractivity contribution in [2.24, 2.45) is 0 Å². The Balaban J connectivity index is 1.63. The molecule has 0 aliphatic carbocycles. The highest BCUT2D eigenvalue weighted by atomic mass is 14.1. The lowest BCUT2D eigenvalue weighted by molar-refractivity contribution is 1.80. The molecule has 0 aliphatic rings. The minimum Gasteiger partial charge on any atom is -0.0604 e. The summed E-state index contributed by atoms with van der Waals surface area (Å²) in [5.74, 6) is 0. The zero-order valence-electron chi connectivity index (χ0n) is 19.2. The lowest BCUT2D eigenvalue weighted by Gasteiger charge is -2.03. The van der Waals surface area contributed by atoms with Crippen molar-refractivity contribution in [2.45, 2.75) is 0 Å². The number of rotatable bonds is 0. The van der Waals surface area contributed by atoms with Gasteiger partial charge in [0, 0.05) is 21.5 Å². The van der Waals surface area contributed by atoms with Gasteiger partial charge in [-0.25, -0.2) is 0 Å². The molecule has 0 heterocycles. The van der Waals surface area contributed by atoms with Gasteiger partial charge in [-0.1, -0.05) is 72.8 Å². The number of benzene rings is 6. The molecule has 0 saturated carbocycles. The van der Waals surface area contributed by atoms with Crippen molar-refractivity contribution >= 4 is 64.6 Å². The molecule has 0 nitrogen and oxygen atoms in total. The minimum atomic E-state index is 0.959. The molecule has 0 atom stereocenters. The van der Waals surface area contributed by atoms with E-state index in [-0.39, 0.29) is 0 Å². The van der Waals surface area contributed by atoms with Gasteiger partial charge in [-0.3, -0.25) is 0 Å². The zero-order chi connectivity index (χ0) is 23.9. The quantitative estimate of drug-likeness (QED) is 0.204. The molecule has 0 radical (unpaired) electrons. The van der Waals surface area contributed by atoms with Gasteiger partial charge in [0.25, 0.3) is 0 Å². The molecule has 0 aliphatic heterocycles. The summed E-state index contributed by atoms with van der Waals surface area (Å²) in [4.78, 5) is 0. The van der Waals surface area contributed by atoms with Crippen molar-refractivity contribution in [1.29, 1.82) is 0 Å². The Morgan fingerprint density at radius 1 is 0.306 bits per heavy atom. The summed E-state index contributed by atoms with van der Waals surface area (Å²) >= 11 is 0. The molecular weight excluding hydrogens is 432 g/mol. The lowest BCUT2D eigenvalue weighted by atomic mass is 10.00. The first kappa shape index (κ1) is 20.0. The van der Waals surface area contributed by atoms with Crippen LogP contribution in [0.3, 0.4) is 0 Å². The van der Waals surface area contributed by atoms with E-state index in [0.717, 1.165) is 64.6 Å². The van der Waals surface area contributed by atoms with Crippen LogP contribution in [0.25, 0.3) is 64.6 Å². The van der Waals surface area contributed by atoms with Crippen LogP contribution < -0.4 is 0 Å². The molecule has 0 aromatic heterocycles. The van der Waals surface area contributed by atoms with Gasteiger partial charge in [0.05, 0.1) is 0 Å². The second-order valence-electron chi connectivity index (χ2n) is 8.81. The molecule has 0 saturated heterocycles. The Bertz CT molecular complexity index is 1750. The van der Waals surface area contributed by atoms with Crippen molar-refractivity contribution in [3.05, 3.63) is 146 Å². The van der Waals surface area contributed by atoms with E-state index in [1.54, 1.807) is 0 Å². The van der Waals surface area contributed by atoms with Crippen molar-refractivity contribution < 1.29 is 0 Å². The monoisotopic (exact) mass is 448 g/mol. The first-order valence-electron chi connectivity index (χ1n) is 11.8. The summed E-state index contributed by atoms with van der Waals surface area (Å²) < 4.78 is 0. The van der Waals surface area contributed by atoms with Crippen LogP contribution in [0.1, 0.15) is 0 Å². The van der Waals surface area contributed by atoms with Gasteiger partial charge in [0.15, 0.2) is 0 Å². The SMILES string of the molecule is c1c#cc2cccc3cc4cccc(c#cc#cc5cccc6cc7cccc(c#1)c7cc56)c4cc23. The third-order valence-corrected chi connectivity index (χ3v) is 6.67.